The maximum absolute atomic E-state index is 13.2. The number of rotatable bonds is 6. The van der Waals surface area contributed by atoms with Gasteiger partial charge in [0.25, 0.3) is 25.7 Å². The number of nitro groups is 1. The van der Waals surface area contributed by atoms with Crippen LogP contribution in [0.3, 0.4) is 0 Å². The quantitative estimate of drug-likeness (QED) is 0.449. The largest absolute Gasteiger partial charge is 0.277 e. The molecule has 0 saturated carbocycles. The number of anilines is 1. The Kier molecular flexibility index (Phi) is 5.16. The molecule has 0 spiro atoms. The van der Waals surface area contributed by atoms with Crippen LogP contribution in [0.2, 0.25) is 0 Å². The summed E-state index contributed by atoms with van der Waals surface area (Å²) in [5.74, 6) is 0. The lowest BCUT2D eigenvalue weighted by atomic mass is 10.3. The van der Waals surface area contributed by atoms with E-state index in [1.54, 1.807) is 12.1 Å². The van der Waals surface area contributed by atoms with Gasteiger partial charge in [-0.1, -0.05) is 36.4 Å². The average Bonchev–Trinajstić information content (AvgIpc) is 2.69. The molecule has 3 aromatic carbocycles. The average molecular weight is 418 g/mol. The molecule has 0 aliphatic carbocycles. The van der Waals surface area contributed by atoms with Crippen molar-refractivity contribution in [1.82, 2.24) is 0 Å². The molecule has 0 amide bonds. The van der Waals surface area contributed by atoms with Crippen LogP contribution in [0, 0.1) is 10.1 Å². The first-order valence-electron chi connectivity index (χ1n) is 7.90. The minimum atomic E-state index is -4.52. The van der Waals surface area contributed by atoms with Crippen molar-refractivity contribution >= 4 is 31.4 Å². The molecule has 0 fully saturated rings. The van der Waals surface area contributed by atoms with Crippen LogP contribution in [-0.2, 0) is 20.0 Å². The van der Waals surface area contributed by atoms with Gasteiger partial charge in [0.2, 0.25) is 0 Å². The second-order valence-electron chi connectivity index (χ2n) is 5.61. The van der Waals surface area contributed by atoms with Gasteiger partial charge in [-0.05, 0) is 36.4 Å². The Balaban J connectivity index is 2.24. The van der Waals surface area contributed by atoms with Crippen LogP contribution in [-0.4, -0.2) is 21.8 Å². The lowest BCUT2D eigenvalue weighted by Crippen LogP contribution is -2.37. The minimum absolute atomic E-state index is 0.229. The lowest BCUT2D eigenvalue weighted by molar-refractivity contribution is -0.384. The molecule has 0 heterocycles. The molecule has 0 bridgehead atoms. The third kappa shape index (κ3) is 3.59. The predicted molar refractivity (Wildman–Crippen MR) is 103 cm³/mol. The second kappa shape index (κ2) is 7.41. The number of hydrogen-bond acceptors (Lipinski definition) is 6. The number of hydrogen-bond donors (Lipinski definition) is 0. The topological polar surface area (TPSA) is 115 Å². The van der Waals surface area contributed by atoms with Gasteiger partial charge < -0.3 is 0 Å². The van der Waals surface area contributed by atoms with Gasteiger partial charge in [-0.2, -0.15) is 3.71 Å². The molecule has 0 aliphatic heterocycles. The highest BCUT2D eigenvalue weighted by Crippen LogP contribution is 2.31. The predicted octanol–water partition coefficient (Wildman–Crippen LogP) is 3.18. The summed E-state index contributed by atoms with van der Waals surface area (Å²) in [6.07, 6.45) is 0. The first-order valence-corrected chi connectivity index (χ1v) is 10.8. The first-order chi connectivity index (χ1) is 13.2. The molecular formula is C18H14N2O6S2. The van der Waals surface area contributed by atoms with Gasteiger partial charge in [0.15, 0.2) is 0 Å². The number of sulfonamides is 2. The Hall–Kier alpha value is -3.24. The van der Waals surface area contributed by atoms with Gasteiger partial charge in [-0.3, -0.25) is 10.1 Å². The van der Waals surface area contributed by atoms with E-state index in [0.29, 0.717) is 0 Å². The lowest BCUT2D eigenvalue weighted by Gasteiger charge is -2.24. The normalized spacial score (nSPS) is 11.7. The van der Waals surface area contributed by atoms with Crippen LogP contribution < -0.4 is 3.71 Å². The summed E-state index contributed by atoms with van der Waals surface area (Å²) in [5, 5.41) is 10.9. The van der Waals surface area contributed by atoms with E-state index < -0.39 is 25.0 Å². The van der Waals surface area contributed by atoms with E-state index in [4.69, 9.17) is 0 Å². The fourth-order valence-electron chi connectivity index (χ4n) is 2.48. The van der Waals surface area contributed by atoms with Crippen LogP contribution in [0.1, 0.15) is 0 Å². The van der Waals surface area contributed by atoms with Crippen molar-refractivity contribution < 1.29 is 21.8 Å². The smallest absolute Gasteiger partial charge is 0.258 e. The molecule has 28 heavy (non-hydrogen) atoms. The Labute approximate surface area is 161 Å². The van der Waals surface area contributed by atoms with E-state index >= 15 is 0 Å². The summed E-state index contributed by atoms with van der Waals surface area (Å²) in [6.45, 7) is 0. The third-order valence-electron chi connectivity index (χ3n) is 3.79. The van der Waals surface area contributed by atoms with Crippen LogP contribution in [0.25, 0.3) is 0 Å². The van der Waals surface area contributed by atoms with Crippen molar-refractivity contribution in [3.8, 4) is 0 Å². The van der Waals surface area contributed by atoms with Crippen LogP contribution in [0.15, 0.2) is 94.7 Å². The van der Waals surface area contributed by atoms with Crippen molar-refractivity contribution in [2.24, 2.45) is 0 Å². The van der Waals surface area contributed by atoms with Crippen molar-refractivity contribution in [3.05, 3.63) is 95.0 Å². The molecule has 0 aliphatic rings. The maximum Gasteiger partial charge on any atom is 0.277 e. The Bertz CT molecular complexity index is 1120. The number of nitro benzene ring substituents is 1. The summed E-state index contributed by atoms with van der Waals surface area (Å²) in [7, 11) is -9.04. The molecule has 0 atom stereocenters. The van der Waals surface area contributed by atoms with Gasteiger partial charge in [0.1, 0.15) is 0 Å². The van der Waals surface area contributed by atoms with Gasteiger partial charge in [-0.15, -0.1) is 0 Å². The highest BCUT2D eigenvalue weighted by atomic mass is 32.3. The van der Waals surface area contributed by atoms with Gasteiger partial charge in [0.05, 0.1) is 20.4 Å². The van der Waals surface area contributed by atoms with Gasteiger partial charge in [0, 0.05) is 12.1 Å². The van der Waals surface area contributed by atoms with E-state index in [1.165, 1.54) is 48.5 Å². The zero-order chi connectivity index (χ0) is 20.4. The van der Waals surface area contributed by atoms with E-state index in [9.17, 15) is 26.9 Å². The molecule has 10 heteroatoms. The fraction of sp³-hybridized carbons (Fsp3) is 0. The SMILES string of the molecule is O=[N+]([O-])c1ccc(N(S(=O)(=O)c2ccccc2)S(=O)(=O)c2ccccc2)cc1. The molecular weight excluding hydrogens is 404 g/mol. The first kappa shape index (κ1) is 19.5. The molecule has 0 unspecified atom stereocenters. The second-order valence-corrected chi connectivity index (χ2v) is 9.41. The molecule has 0 N–H and O–H groups in total. The van der Waals surface area contributed by atoms with E-state index in [0.717, 1.165) is 24.3 Å². The standard InChI is InChI=1S/C18H14N2O6S2/c21-19(22)15-11-13-16(14-12-15)20(27(23,24)17-7-3-1-4-8-17)28(25,26)18-9-5-2-6-10-18/h1-14H. The molecule has 0 radical (unpaired) electrons. The molecule has 144 valence electrons. The third-order valence-corrected chi connectivity index (χ3v) is 8.00. The number of benzene rings is 3. The molecule has 8 nitrogen and oxygen atoms in total. The Morgan fingerprint density at radius 1 is 0.643 bits per heavy atom. The fourth-order valence-corrected chi connectivity index (χ4v) is 6.21. The Morgan fingerprint density at radius 2 is 1.04 bits per heavy atom. The molecule has 3 rings (SSSR count). The monoisotopic (exact) mass is 418 g/mol. The summed E-state index contributed by atoms with van der Waals surface area (Å²) in [5.41, 5.74) is -0.531. The molecule has 0 saturated heterocycles. The summed E-state index contributed by atoms with van der Waals surface area (Å²) in [4.78, 5) is 9.76. The van der Waals surface area contributed by atoms with Crippen molar-refractivity contribution in [3.63, 3.8) is 0 Å². The number of non-ortho nitro benzene ring substituents is 1. The minimum Gasteiger partial charge on any atom is -0.258 e. The highest BCUT2D eigenvalue weighted by Gasteiger charge is 2.37. The van der Waals surface area contributed by atoms with Crippen molar-refractivity contribution in [1.29, 1.82) is 0 Å². The molecule has 0 aromatic heterocycles. The summed E-state index contributed by atoms with van der Waals surface area (Å²) >= 11 is 0. The van der Waals surface area contributed by atoms with E-state index in [1.807, 2.05) is 0 Å². The zero-order valence-corrected chi connectivity index (χ0v) is 15.9. The number of nitrogens with zero attached hydrogens (tertiary/aromatic N) is 2. The molecule has 3 aromatic rings. The highest BCUT2D eigenvalue weighted by molar-refractivity contribution is 8.10. The van der Waals surface area contributed by atoms with Crippen molar-refractivity contribution in [2.45, 2.75) is 9.79 Å². The van der Waals surface area contributed by atoms with Crippen LogP contribution in [0.4, 0.5) is 11.4 Å². The van der Waals surface area contributed by atoms with Crippen LogP contribution in [0.5, 0.6) is 0 Å². The van der Waals surface area contributed by atoms with Crippen molar-refractivity contribution in [2.75, 3.05) is 3.71 Å². The van der Waals surface area contributed by atoms with Gasteiger partial charge in [-0.25, -0.2) is 16.8 Å². The van der Waals surface area contributed by atoms with E-state index in [2.05, 4.69) is 0 Å². The van der Waals surface area contributed by atoms with Gasteiger partial charge >= 0.3 is 0 Å². The Morgan fingerprint density at radius 3 is 1.39 bits per heavy atom. The summed E-state index contributed by atoms with van der Waals surface area (Å²) < 4.78 is 53.0. The van der Waals surface area contributed by atoms with E-state index in [-0.39, 0.29) is 24.9 Å². The van der Waals surface area contributed by atoms with Crippen LogP contribution >= 0.6 is 0 Å². The zero-order valence-electron chi connectivity index (χ0n) is 14.2. The summed E-state index contributed by atoms with van der Waals surface area (Å²) in [6, 6.07) is 18.4. The maximum atomic E-state index is 13.2.